The molecule has 0 radical (unpaired) electrons. The molecule has 2 aliphatic rings. The van der Waals surface area contributed by atoms with Gasteiger partial charge < -0.3 is 19.4 Å². The van der Waals surface area contributed by atoms with Crippen LogP contribution in [0.2, 0.25) is 0 Å². The number of hydrogen-bond donors (Lipinski definition) is 2. The number of amides is 2. The highest BCUT2D eigenvalue weighted by molar-refractivity contribution is 5.85. The van der Waals surface area contributed by atoms with E-state index in [2.05, 4.69) is 27.1 Å². The average molecular weight is 754 g/mol. The molecule has 4 heterocycles. The van der Waals surface area contributed by atoms with E-state index < -0.39 is 29.0 Å². The largest absolute Gasteiger partial charge is 0.445 e. The molecule has 2 atom stereocenters. The molecule has 0 saturated carbocycles. The molecule has 4 aromatic carbocycles. The van der Waals surface area contributed by atoms with Crippen molar-refractivity contribution in [3.8, 4) is 33.5 Å². The van der Waals surface area contributed by atoms with Crippen LogP contribution in [0.1, 0.15) is 75.6 Å². The minimum atomic E-state index is -0.875. The number of imidazole rings is 1. The summed E-state index contributed by atoms with van der Waals surface area (Å²) in [5.74, 6) is -0.123. The molecular formula is C45H44FN5O5. The van der Waals surface area contributed by atoms with Gasteiger partial charge in [0.15, 0.2) is 5.82 Å². The van der Waals surface area contributed by atoms with Crippen molar-refractivity contribution in [3.63, 3.8) is 0 Å². The van der Waals surface area contributed by atoms with Crippen LogP contribution in [0.5, 0.6) is 0 Å². The van der Waals surface area contributed by atoms with Gasteiger partial charge in [0.05, 0.1) is 35.2 Å². The highest BCUT2D eigenvalue weighted by Gasteiger charge is 2.36. The second kappa shape index (κ2) is 15.1. The number of ether oxygens (including phenoxy) is 2. The normalized spacial score (nSPS) is 17.1. The molecule has 1 unspecified atom stereocenters. The number of aromatic nitrogens is 3. The predicted molar refractivity (Wildman–Crippen MR) is 213 cm³/mol. The molecular weight excluding hydrogens is 710 g/mol. The second-order valence-corrected chi connectivity index (χ2v) is 15.5. The fourth-order valence-electron chi connectivity index (χ4n) is 7.72. The van der Waals surface area contributed by atoms with Crippen LogP contribution in [0.3, 0.4) is 0 Å². The third kappa shape index (κ3) is 7.53. The number of nitrogens with one attached hydrogen (secondary N) is 2. The molecule has 2 amide bonds. The highest BCUT2D eigenvalue weighted by Crippen LogP contribution is 2.36. The lowest BCUT2D eigenvalue weighted by Gasteiger charge is -2.27. The lowest BCUT2D eigenvalue weighted by molar-refractivity contribution is 0.0218. The number of fused-ring (bicyclic) bond motifs is 1. The van der Waals surface area contributed by atoms with Crippen molar-refractivity contribution >= 4 is 23.1 Å². The zero-order valence-corrected chi connectivity index (χ0v) is 31.7. The first kappa shape index (κ1) is 36.7. The molecule has 2 N–H and O–H groups in total. The van der Waals surface area contributed by atoms with E-state index in [0.29, 0.717) is 31.4 Å². The van der Waals surface area contributed by atoms with Gasteiger partial charge in [0, 0.05) is 18.5 Å². The van der Waals surface area contributed by atoms with Gasteiger partial charge in [0.2, 0.25) is 5.43 Å². The van der Waals surface area contributed by atoms with E-state index in [1.807, 2.05) is 106 Å². The Hall–Kier alpha value is -6.23. The number of carbonyl (C=O) groups is 2. The quantitative estimate of drug-likeness (QED) is 0.168. The van der Waals surface area contributed by atoms with Gasteiger partial charge in [0.1, 0.15) is 18.0 Å². The summed E-state index contributed by atoms with van der Waals surface area (Å²) in [5.41, 5.74) is 5.92. The maximum atomic E-state index is 15.6. The van der Waals surface area contributed by atoms with E-state index >= 15 is 4.39 Å². The molecule has 11 heteroatoms. The number of carbonyl (C=O) groups excluding carboxylic acids is 2. The molecule has 8 rings (SSSR count). The smallest absolute Gasteiger partial charge is 0.410 e. The van der Waals surface area contributed by atoms with Crippen LogP contribution in [0.4, 0.5) is 14.0 Å². The Morgan fingerprint density at radius 2 is 1.36 bits per heavy atom. The van der Waals surface area contributed by atoms with Gasteiger partial charge in [-0.25, -0.2) is 19.0 Å². The Kier molecular flexibility index (Phi) is 9.92. The first-order valence-electron chi connectivity index (χ1n) is 19.1. The predicted octanol–water partition coefficient (Wildman–Crippen LogP) is 9.94. The molecule has 2 aliphatic heterocycles. The maximum absolute atomic E-state index is 15.6. The number of H-pyrrole nitrogens is 2. The number of nitrogens with zero attached hydrogens (tertiary/aromatic N) is 3. The Balaban J connectivity index is 0.969. The maximum Gasteiger partial charge on any atom is 0.410 e. The van der Waals surface area contributed by atoms with E-state index in [4.69, 9.17) is 9.47 Å². The first-order chi connectivity index (χ1) is 27.0. The molecule has 2 fully saturated rings. The van der Waals surface area contributed by atoms with E-state index in [-0.39, 0.29) is 29.8 Å². The number of hydrogen-bond acceptors (Lipinski definition) is 6. The Morgan fingerprint density at radius 3 is 2.02 bits per heavy atom. The van der Waals surface area contributed by atoms with E-state index in [1.165, 1.54) is 4.90 Å². The molecule has 286 valence electrons. The minimum Gasteiger partial charge on any atom is -0.445 e. The molecule has 2 saturated heterocycles. The summed E-state index contributed by atoms with van der Waals surface area (Å²) < 4.78 is 26.8. The fraction of sp³-hybridized carbons (Fsp3) is 0.289. The van der Waals surface area contributed by atoms with E-state index in [9.17, 15) is 14.4 Å². The molecule has 6 aromatic rings. The summed E-state index contributed by atoms with van der Waals surface area (Å²) in [7, 11) is 0. The van der Waals surface area contributed by atoms with Crippen molar-refractivity contribution in [2.75, 3.05) is 13.1 Å². The standard InChI is InChI=1S/C45H44FN5O5/c1-45(2,3)56-44(54)51-24-8-12-38(51)42-47-26-36(49-42)32-19-17-30(18-20-32)29-13-15-31(16-14-29)33-21-22-34-35(25-33)48-40(39(46)41(34)52)37-11-7-23-50(37)43(53)55-27-28-9-5-4-6-10-28/h4-6,9-10,13-22,25-26,37-38H,7-8,11-12,23-24,27H2,1-3H3,(H,47,49)(H,48,52)/t37?,38-/m0/s1. The van der Waals surface area contributed by atoms with Gasteiger partial charge in [-0.1, -0.05) is 84.9 Å². The van der Waals surface area contributed by atoms with Crippen LogP contribution < -0.4 is 5.43 Å². The molecule has 10 nitrogen and oxygen atoms in total. The van der Waals surface area contributed by atoms with Gasteiger partial charge in [-0.05, 0) is 92.0 Å². The number of pyridine rings is 1. The number of benzene rings is 4. The molecule has 0 spiro atoms. The molecule has 0 bridgehead atoms. The number of aromatic amines is 2. The highest BCUT2D eigenvalue weighted by atomic mass is 19.1. The summed E-state index contributed by atoms with van der Waals surface area (Å²) in [4.78, 5) is 53.7. The third-order valence-electron chi connectivity index (χ3n) is 10.5. The molecule has 2 aromatic heterocycles. The van der Waals surface area contributed by atoms with Crippen LogP contribution in [-0.4, -0.2) is 55.6 Å². The van der Waals surface area contributed by atoms with Gasteiger partial charge in [0.25, 0.3) is 0 Å². The average Bonchev–Trinajstić information content (AvgIpc) is 4.00. The summed E-state index contributed by atoms with van der Waals surface area (Å²) in [6, 6.07) is 30.3. The Morgan fingerprint density at radius 1 is 0.768 bits per heavy atom. The summed E-state index contributed by atoms with van der Waals surface area (Å²) in [5, 5.41) is 0.246. The van der Waals surface area contributed by atoms with E-state index in [0.717, 1.165) is 57.7 Å². The molecule has 0 aliphatic carbocycles. The Bertz CT molecular complexity index is 2440. The monoisotopic (exact) mass is 753 g/mol. The summed E-state index contributed by atoms with van der Waals surface area (Å²) in [6.45, 7) is 6.77. The summed E-state index contributed by atoms with van der Waals surface area (Å²) >= 11 is 0. The van der Waals surface area contributed by atoms with Gasteiger partial charge >= 0.3 is 12.2 Å². The van der Waals surface area contributed by atoms with Gasteiger partial charge in [-0.2, -0.15) is 0 Å². The SMILES string of the molecule is CC(C)(C)OC(=O)N1CCC[C@H]1c1ncc(-c2ccc(-c3ccc(-c4ccc5c(=O)c(F)c(C6CCCN6C(=O)OCc6ccccc6)[nH]c5c4)cc3)cc2)[nH]1. The van der Waals surface area contributed by atoms with Crippen LogP contribution in [0, 0.1) is 5.82 Å². The van der Waals surface area contributed by atoms with Crippen LogP contribution in [-0.2, 0) is 16.1 Å². The van der Waals surface area contributed by atoms with Crippen molar-refractivity contribution in [1.29, 1.82) is 0 Å². The number of rotatable bonds is 7. The van der Waals surface area contributed by atoms with Crippen molar-refractivity contribution in [2.24, 2.45) is 0 Å². The van der Waals surface area contributed by atoms with Crippen molar-refractivity contribution in [2.45, 2.75) is 70.7 Å². The number of halogens is 1. The lowest BCUT2D eigenvalue weighted by atomic mass is 9.98. The number of likely N-dealkylation sites (tertiary alicyclic amines) is 2. The summed E-state index contributed by atoms with van der Waals surface area (Å²) in [6.07, 6.45) is 3.85. The second-order valence-electron chi connectivity index (χ2n) is 15.5. The van der Waals surface area contributed by atoms with E-state index in [1.54, 1.807) is 11.0 Å². The van der Waals surface area contributed by atoms with Crippen molar-refractivity contribution in [1.82, 2.24) is 24.8 Å². The van der Waals surface area contributed by atoms with Crippen LogP contribution in [0.25, 0.3) is 44.4 Å². The van der Waals surface area contributed by atoms with Crippen molar-refractivity contribution < 1.29 is 23.5 Å². The molecule has 56 heavy (non-hydrogen) atoms. The topological polar surface area (TPSA) is 121 Å². The minimum absolute atomic E-state index is 0.0975. The Labute approximate surface area is 324 Å². The fourth-order valence-corrected chi connectivity index (χ4v) is 7.72. The first-order valence-corrected chi connectivity index (χ1v) is 19.1. The third-order valence-corrected chi connectivity index (χ3v) is 10.5. The van der Waals surface area contributed by atoms with Crippen molar-refractivity contribution in [3.05, 3.63) is 136 Å². The zero-order valence-electron chi connectivity index (χ0n) is 31.7. The van der Waals surface area contributed by atoms with Gasteiger partial charge in [-0.15, -0.1) is 0 Å². The zero-order chi connectivity index (χ0) is 39.0. The van der Waals surface area contributed by atoms with Crippen LogP contribution >= 0.6 is 0 Å². The van der Waals surface area contributed by atoms with Crippen LogP contribution in [0.15, 0.2) is 108 Å². The van der Waals surface area contributed by atoms with Gasteiger partial charge in [-0.3, -0.25) is 14.6 Å². The lowest BCUT2D eigenvalue weighted by Crippen LogP contribution is -2.36.